The van der Waals surface area contributed by atoms with Crippen molar-refractivity contribution in [3.8, 4) is 0 Å². The molecule has 0 bridgehead atoms. The average molecular weight is 225 g/mol. The van der Waals surface area contributed by atoms with E-state index in [2.05, 4.69) is 0 Å². The lowest BCUT2D eigenvalue weighted by molar-refractivity contribution is -0.152. The Hall–Kier alpha value is -1.36. The molecule has 1 aliphatic heterocycles. The van der Waals surface area contributed by atoms with Crippen molar-refractivity contribution in [3.63, 3.8) is 0 Å². The molecule has 0 unspecified atom stereocenters. The van der Waals surface area contributed by atoms with Gasteiger partial charge in [0.25, 0.3) is 0 Å². The van der Waals surface area contributed by atoms with Gasteiger partial charge in [-0.15, -0.1) is 0 Å². The predicted octanol–water partition coefficient (Wildman–Crippen LogP) is 0.834. The molecule has 1 saturated heterocycles. The normalized spacial score (nSPS) is 16.1. The third-order valence-electron chi connectivity index (χ3n) is 2.52. The Morgan fingerprint density at radius 1 is 1.53 bits per heavy atom. The molecule has 0 atom stereocenters. The molecule has 1 aromatic heterocycles. The third kappa shape index (κ3) is 2.18. The largest absolute Gasteiger partial charge is 0.481 e. The summed E-state index contributed by atoms with van der Waals surface area (Å²) in [5.41, 5.74) is 1.00. The van der Waals surface area contributed by atoms with Crippen LogP contribution in [0.25, 0.3) is 0 Å². The van der Waals surface area contributed by atoms with Gasteiger partial charge in [0, 0.05) is 13.1 Å². The summed E-state index contributed by atoms with van der Waals surface area (Å²) in [5, 5.41) is 12.5. The number of nitrogens with zero attached hydrogens (tertiary/aromatic N) is 1. The van der Waals surface area contributed by atoms with Crippen molar-refractivity contribution in [2.24, 2.45) is 5.92 Å². The molecule has 0 radical (unpaired) electrons. The van der Waals surface area contributed by atoms with Crippen LogP contribution >= 0.6 is 11.3 Å². The van der Waals surface area contributed by atoms with E-state index in [1.807, 2.05) is 16.8 Å². The van der Waals surface area contributed by atoms with Crippen molar-refractivity contribution in [3.05, 3.63) is 22.4 Å². The first-order valence-corrected chi connectivity index (χ1v) is 5.63. The van der Waals surface area contributed by atoms with Gasteiger partial charge in [0.2, 0.25) is 5.91 Å². The molecule has 0 aromatic carbocycles. The van der Waals surface area contributed by atoms with E-state index < -0.39 is 5.97 Å². The van der Waals surface area contributed by atoms with E-state index in [-0.39, 0.29) is 11.8 Å². The Balaban J connectivity index is 1.82. The first kappa shape index (κ1) is 10.2. The van der Waals surface area contributed by atoms with E-state index in [1.54, 1.807) is 16.2 Å². The van der Waals surface area contributed by atoms with Crippen molar-refractivity contribution >= 4 is 23.2 Å². The van der Waals surface area contributed by atoms with Crippen LogP contribution in [0.4, 0.5) is 0 Å². The number of hydrogen-bond donors (Lipinski definition) is 1. The molecule has 1 N–H and O–H groups in total. The molecule has 80 valence electrons. The van der Waals surface area contributed by atoms with Crippen LogP contribution in [0.2, 0.25) is 0 Å². The number of thiophene rings is 1. The molecule has 0 aliphatic carbocycles. The summed E-state index contributed by atoms with van der Waals surface area (Å²) in [5.74, 6) is -1.16. The maximum absolute atomic E-state index is 11.6. The lowest BCUT2D eigenvalue weighted by Gasteiger charge is -2.36. The summed E-state index contributed by atoms with van der Waals surface area (Å²) in [6, 6.07) is 1.91. The number of hydrogen-bond acceptors (Lipinski definition) is 3. The minimum absolute atomic E-state index is 0.0194. The van der Waals surface area contributed by atoms with E-state index in [4.69, 9.17) is 5.11 Å². The van der Waals surface area contributed by atoms with Crippen molar-refractivity contribution in [1.82, 2.24) is 4.90 Å². The second-order valence-electron chi connectivity index (χ2n) is 3.64. The minimum Gasteiger partial charge on any atom is -0.481 e. The lowest BCUT2D eigenvalue weighted by Crippen LogP contribution is -2.53. The van der Waals surface area contributed by atoms with Gasteiger partial charge >= 0.3 is 5.97 Å². The van der Waals surface area contributed by atoms with E-state index >= 15 is 0 Å². The maximum atomic E-state index is 11.6. The Kier molecular flexibility index (Phi) is 2.73. The molecule has 1 amide bonds. The van der Waals surface area contributed by atoms with Crippen LogP contribution in [0.15, 0.2) is 16.8 Å². The molecule has 5 heteroatoms. The highest BCUT2D eigenvalue weighted by Crippen LogP contribution is 2.17. The summed E-state index contributed by atoms with van der Waals surface area (Å²) in [6.45, 7) is 0.719. The summed E-state index contributed by atoms with van der Waals surface area (Å²) >= 11 is 1.56. The maximum Gasteiger partial charge on any atom is 0.310 e. The molecular weight excluding hydrogens is 214 g/mol. The van der Waals surface area contributed by atoms with Gasteiger partial charge in [-0.3, -0.25) is 9.59 Å². The van der Waals surface area contributed by atoms with Gasteiger partial charge < -0.3 is 10.0 Å². The van der Waals surface area contributed by atoms with Crippen LogP contribution in [0.1, 0.15) is 5.56 Å². The van der Waals surface area contributed by atoms with E-state index in [0.29, 0.717) is 19.5 Å². The van der Waals surface area contributed by atoms with Crippen molar-refractivity contribution < 1.29 is 14.7 Å². The van der Waals surface area contributed by atoms with Gasteiger partial charge in [-0.05, 0) is 22.4 Å². The smallest absolute Gasteiger partial charge is 0.310 e. The van der Waals surface area contributed by atoms with Crippen molar-refractivity contribution in [2.75, 3.05) is 13.1 Å². The first-order valence-electron chi connectivity index (χ1n) is 4.68. The number of amides is 1. The first-order chi connectivity index (χ1) is 7.16. The SMILES string of the molecule is O=C(O)C1CN(C(=O)Cc2ccsc2)C1. The fourth-order valence-corrected chi connectivity index (χ4v) is 2.19. The minimum atomic E-state index is -0.811. The highest BCUT2D eigenvalue weighted by Gasteiger charge is 2.35. The lowest BCUT2D eigenvalue weighted by atomic mass is 9.99. The molecule has 1 aromatic rings. The molecule has 1 aliphatic rings. The summed E-state index contributed by atoms with van der Waals surface area (Å²) < 4.78 is 0. The third-order valence-corrected chi connectivity index (χ3v) is 3.25. The predicted molar refractivity (Wildman–Crippen MR) is 55.7 cm³/mol. The number of aliphatic carboxylic acids is 1. The molecule has 0 spiro atoms. The van der Waals surface area contributed by atoms with Gasteiger partial charge in [-0.25, -0.2) is 0 Å². The quantitative estimate of drug-likeness (QED) is 0.829. The van der Waals surface area contributed by atoms with E-state index in [0.717, 1.165) is 5.56 Å². The number of carboxylic acid groups (broad SMARTS) is 1. The highest BCUT2D eigenvalue weighted by molar-refractivity contribution is 7.07. The molecule has 2 rings (SSSR count). The summed E-state index contributed by atoms with van der Waals surface area (Å²) in [6.07, 6.45) is 0.385. The summed E-state index contributed by atoms with van der Waals surface area (Å²) in [4.78, 5) is 23.7. The Bertz CT molecular complexity index is 368. The summed E-state index contributed by atoms with van der Waals surface area (Å²) in [7, 11) is 0. The van der Waals surface area contributed by atoms with Gasteiger partial charge in [-0.2, -0.15) is 11.3 Å². The molecule has 4 nitrogen and oxygen atoms in total. The number of rotatable bonds is 3. The van der Waals surface area contributed by atoms with Gasteiger partial charge in [0.15, 0.2) is 0 Å². The van der Waals surface area contributed by atoms with Crippen molar-refractivity contribution in [2.45, 2.75) is 6.42 Å². The van der Waals surface area contributed by atoms with E-state index in [9.17, 15) is 9.59 Å². The molecule has 1 fully saturated rings. The zero-order valence-corrected chi connectivity index (χ0v) is 8.87. The molecule has 0 saturated carbocycles. The van der Waals surface area contributed by atoms with Crippen LogP contribution in [0.3, 0.4) is 0 Å². The molecular formula is C10H11NO3S. The Labute approximate surface area is 91.1 Å². The second kappa shape index (κ2) is 4.02. The van der Waals surface area contributed by atoms with Crippen LogP contribution in [0.5, 0.6) is 0 Å². The fraction of sp³-hybridized carbons (Fsp3) is 0.400. The standard InChI is InChI=1S/C10H11NO3S/c12-9(3-7-1-2-15-6-7)11-4-8(5-11)10(13)14/h1-2,6,8H,3-5H2,(H,13,14). The van der Waals surface area contributed by atoms with Crippen molar-refractivity contribution in [1.29, 1.82) is 0 Å². The van der Waals surface area contributed by atoms with Crippen LogP contribution in [-0.4, -0.2) is 35.0 Å². The van der Waals surface area contributed by atoms with E-state index in [1.165, 1.54) is 0 Å². The molecule has 2 heterocycles. The highest BCUT2D eigenvalue weighted by atomic mass is 32.1. The topological polar surface area (TPSA) is 57.6 Å². The average Bonchev–Trinajstić information content (AvgIpc) is 2.52. The monoisotopic (exact) mass is 225 g/mol. The Morgan fingerprint density at radius 2 is 2.27 bits per heavy atom. The zero-order chi connectivity index (χ0) is 10.8. The number of likely N-dealkylation sites (tertiary alicyclic amines) is 1. The number of carboxylic acids is 1. The fourth-order valence-electron chi connectivity index (χ4n) is 1.52. The molecule has 15 heavy (non-hydrogen) atoms. The van der Waals surface area contributed by atoms with Gasteiger partial charge in [0.05, 0.1) is 12.3 Å². The van der Waals surface area contributed by atoms with Gasteiger partial charge in [0.1, 0.15) is 0 Å². The number of carbonyl (C=O) groups excluding carboxylic acids is 1. The van der Waals surface area contributed by atoms with Crippen LogP contribution in [0, 0.1) is 5.92 Å². The van der Waals surface area contributed by atoms with Gasteiger partial charge in [-0.1, -0.05) is 0 Å². The number of carbonyl (C=O) groups is 2. The zero-order valence-electron chi connectivity index (χ0n) is 8.05. The van der Waals surface area contributed by atoms with Crippen LogP contribution in [-0.2, 0) is 16.0 Å². The Morgan fingerprint density at radius 3 is 2.80 bits per heavy atom. The van der Waals surface area contributed by atoms with Crippen LogP contribution < -0.4 is 0 Å². The second-order valence-corrected chi connectivity index (χ2v) is 4.42.